The summed E-state index contributed by atoms with van der Waals surface area (Å²) in [5.74, 6) is -7.22. The molecular formula is C12H9ClF6N2. The van der Waals surface area contributed by atoms with Crippen molar-refractivity contribution in [2.24, 2.45) is 0 Å². The Bertz CT molecular complexity index is 655. The van der Waals surface area contributed by atoms with Gasteiger partial charge in [-0.1, -0.05) is 0 Å². The van der Waals surface area contributed by atoms with E-state index in [4.69, 9.17) is 11.6 Å². The lowest BCUT2D eigenvalue weighted by molar-refractivity contribution is -0.137. The first kappa shape index (κ1) is 15.9. The number of aromatic nitrogens is 2. The first-order valence-corrected chi connectivity index (χ1v) is 6.36. The third-order valence-electron chi connectivity index (χ3n) is 2.89. The van der Waals surface area contributed by atoms with E-state index in [1.807, 2.05) is 0 Å². The molecule has 1 aromatic carbocycles. The van der Waals surface area contributed by atoms with Crippen LogP contribution in [0, 0.1) is 11.6 Å². The molecule has 0 aliphatic rings. The van der Waals surface area contributed by atoms with Gasteiger partial charge in [0.1, 0.15) is 11.3 Å². The first-order valence-electron chi connectivity index (χ1n) is 5.83. The van der Waals surface area contributed by atoms with E-state index in [0.29, 0.717) is 4.57 Å². The van der Waals surface area contributed by atoms with Crippen LogP contribution in [0.1, 0.15) is 5.82 Å². The van der Waals surface area contributed by atoms with Crippen LogP contribution in [-0.4, -0.2) is 27.8 Å². The van der Waals surface area contributed by atoms with Crippen molar-refractivity contribution in [1.29, 1.82) is 0 Å². The Balaban J connectivity index is 2.63. The standard InChI is InChI=1S/C12H9ClF6N2/c13-4-3-8-20-7-2-1-6(14)9(15)10(7)21(8)5-12(18,19)11(16)17/h1-2,11H,3-5H2. The fraction of sp³-hybridized carbons (Fsp3) is 0.417. The zero-order valence-corrected chi connectivity index (χ0v) is 11.1. The molecule has 1 heterocycles. The molecule has 0 atom stereocenters. The molecule has 0 spiro atoms. The lowest BCUT2D eigenvalue weighted by atomic mass is 10.2. The SMILES string of the molecule is Fc1ccc2nc(CCCl)n(CC(F)(F)C(F)F)c2c1F. The Kier molecular flexibility index (Phi) is 4.36. The second-order valence-electron chi connectivity index (χ2n) is 4.34. The van der Waals surface area contributed by atoms with E-state index in [-0.39, 0.29) is 23.6 Å². The van der Waals surface area contributed by atoms with Crippen LogP contribution in [-0.2, 0) is 13.0 Å². The Morgan fingerprint density at radius 1 is 1.24 bits per heavy atom. The van der Waals surface area contributed by atoms with Gasteiger partial charge in [0.15, 0.2) is 11.6 Å². The molecule has 0 unspecified atom stereocenters. The van der Waals surface area contributed by atoms with Crippen LogP contribution < -0.4 is 0 Å². The molecule has 0 N–H and O–H groups in total. The highest BCUT2D eigenvalue weighted by molar-refractivity contribution is 6.17. The number of fused-ring (bicyclic) bond motifs is 1. The molecule has 21 heavy (non-hydrogen) atoms. The number of imidazole rings is 1. The summed E-state index contributed by atoms with van der Waals surface area (Å²) in [6.45, 7) is -1.51. The summed E-state index contributed by atoms with van der Waals surface area (Å²) in [4.78, 5) is 3.84. The molecular weight excluding hydrogens is 322 g/mol. The van der Waals surface area contributed by atoms with Gasteiger partial charge in [-0.25, -0.2) is 22.5 Å². The van der Waals surface area contributed by atoms with Gasteiger partial charge in [0.25, 0.3) is 0 Å². The van der Waals surface area contributed by atoms with Crippen molar-refractivity contribution in [3.8, 4) is 0 Å². The van der Waals surface area contributed by atoms with Crippen LogP contribution in [0.3, 0.4) is 0 Å². The lowest BCUT2D eigenvalue weighted by Gasteiger charge is -2.18. The van der Waals surface area contributed by atoms with E-state index in [2.05, 4.69) is 4.98 Å². The van der Waals surface area contributed by atoms with Crippen LogP contribution in [0.25, 0.3) is 11.0 Å². The molecule has 0 aliphatic heterocycles. The summed E-state index contributed by atoms with van der Waals surface area (Å²) in [6, 6.07) is 1.87. The van der Waals surface area contributed by atoms with Crippen LogP contribution in [0.5, 0.6) is 0 Å². The molecule has 2 nitrogen and oxygen atoms in total. The van der Waals surface area contributed by atoms with Gasteiger partial charge in [-0.15, -0.1) is 11.6 Å². The van der Waals surface area contributed by atoms with Crippen LogP contribution in [0.2, 0.25) is 0 Å². The first-order chi connectivity index (χ1) is 9.77. The quantitative estimate of drug-likeness (QED) is 0.598. The minimum atomic E-state index is -4.40. The number of alkyl halides is 5. The van der Waals surface area contributed by atoms with Gasteiger partial charge in [-0.05, 0) is 12.1 Å². The van der Waals surface area contributed by atoms with Crippen molar-refractivity contribution in [3.63, 3.8) is 0 Å². The molecule has 0 saturated heterocycles. The third-order valence-corrected chi connectivity index (χ3v) is 3.07. The molecule has 0 radical (unpaired) electrons. The third kappa shape index (κ3) is 2.95. The second kappa shape index (κ2) is 5.75. The van der Waals surface area contributed by atoms with E-state index in [0.717, 1.165) is 12.1 Å². The van der Waals surface area contributed by atoms with Gasteiger partial charge in [0.2, 0.25) is 0 Å². The van der Waals surface area contributed by atoms with Crippen molar-refractivity contribution in [3.05, 3.63) is 29.6 Å². The maximum absolute atomic E-state index is 13.8. The number of rotatable bonds is 5. The summed E-state index contributed by atoms with van der Waals surface area (Å²) in [5, 5.41) is 0. The molecule has 0 bridgehead atoms. The maximum atomic E-state index is 13.8. The molecule has 0 saturated carbocycles. The molecule has 0 aliphatic carbocycles. The summed E-state index contributed by atoms with van der Waals surface area (Å²) >= 11 is 5.48. The Morgan fingerprint density at radius 3 is 2.48 bits per heavy atom. The van der Waals surface area contributed by atoms with Crippen molar-refractivity contribution in [1.82, 2.24) is 9.55 Å². The fourth-order valence-electron chi connectivity index (χ4n) is 1.93. The summed E-state index contributed by atoms with van der Waals surface area (Å²) in [6.07, 6.45) is -3.98. The van der Waals surface area contributed by atoms with E-state index >= 15 is 0 Å². The van der Waals surface area contributed by atoms with Gasteiger partial charge in [0, 0.05) is 12.3 Å². The monoisotopic (exact) mass is 330 g/mol. The number of benzene rings is 1. The van der Waals surface area contributed by atoms with Crippen LogP contribution in [0.4, 0.5) is 26.3 Å². The smallest absolute Gasteiger partial charge is 0.319 e. The molecule has 0 amide bonds. The zero-order chi connectivity index (χ0) is 15.8. The van der Waals surface area contributed by atoms with Gasteiger partial charge in [-0.2, -0.15) is 8.78 Å². The largest absolute Gasteiger partial charge is 0.324 e. The maximum Gasteiger partial charge on any atom is 0.324 e. The summed E-state index contributed by atoms with van der Waals surface area (Å²) < 4.78 is 78.7. The second-order valence-corrected chi connectivity index (χ2v) is 4.72. The van der Waals surface area contributed by atoms with Crippen LogP contribution in [0.15, 0.2) is 12.1 Å². The highest BCUT2D eigenvalue weighted by Gasteiger charge is 2.42. The number of aryl methyl sites for hydroxylation is 1. The van der Waals surface area contributed by atoms with Gasteiger partial charge < -0.3 is 4.57 Å². The molecule has 1 aromatic heterocycles. The van der Waals surface area contributed by atoms with E-state index in [1.54, 1.807) is 0 Å². The van der Waals surface area contributed by atoms with E-state index in [9.17, 15) is 26.3 Å². The highest BCUT2D eigenvalue weighted by atomic mass is 35.5. The van der Waals surface area contributed by atoms with Gasteiger partial charge >= 0.3 is 12.3 Å². The highest BCUT2D eigenvalue weighted by Crippen LogP contribution is 2.29. The molecule has 9 heteroatoms. The predicted molar refractivity (Wildman–Crippen MR) is 65.0 cm³/mol. The van der Waals surface area contributed by atoms with Gasteiger partial charge in [0.05, 0.1) is 12.1 Å². The van der Waals surface area contributed by atoms with Crippen molar-refractivity contribution < 1.29 is 26.3 Å². The normalized spacial score (nSPS) is 12.6. The van der Waals surface area contributed by atoms with E-state index in [1.165, 1.54) is 0 Å². The fourth-order valence-corrected chi connectivity index (χ4v) is 2.10. The number of hydrogen-bond donors (Lipinski definition) is 0. The Labute approximate surface area is 120 Å². The zero-order valence-electron chi connectivity index (χ0n) is 10.4. The minimum absolute atomic E-state index is 0.0341. The van der Waals surface area contributed by atoms with Crippen LogP contribution >= 0.6 is 11.6 Å². The number of nitrogens with zero attached hydrogens (tertiary/aromatic N) is 2. The lowest BCUT2D eigenvalue weighted by Crippen LogP contribution is -2.33. The molecule has 2 aromatic rings. The minimum Gasteiger partial charge on any atom is -0.319 e. The number of hydrogen-bond acceptors (Lipinski definition) is 1. The topological polar surface area (TPSA) is 17.8 Å². The van der Waals surface area contributed by atoms with Crippen molar-refractivity contribution in [2.45, 2.75) is 25.3 Å². The molecule has 0 fully saturated rings. The van der Waals surface area contributed by atoms with Gasteiger partial charge in [-0.3, -0.25) is 0 Å². The average molecular weight is 331 g/mol. The predicted octanol–water partition coefficient (Wildman–Crippen LogP) is 4.00. The molecule has 116 valence electrons. The van der Waals surface area contributed by atoms with Crippen molar-refractivity contribution >= 4 is 22.6 Å². The average Bonchev–Trinajstić information content (AvgIpc) is 2.73. The summed E-state index contributed by atoms with van der Waals surface area (Å²) in [5.41, 5.74) is -0.672. The molecule has 2 rings (SSSR count). The Hall–Kier alpha value is -1.44. The Morgan fingerprint density at radius 2 is 1.90 bits per heavy atom. The van der Waals surface area contributed by atoms with Crippen molar-refractivity contribution in [2.75, 3.05) is 5.88 Å². The van der Waals surface area contributed by atoms with E-state index < -0.39 is 36.0 Å². The summed E-state index contributed by atoms with van der Waals surface area (Å²) in [7, 11) is 0. The number of halogens is 7.